The number of carbonyl (C=O) groups is 1. The fraction of sp³-hybridized carbons (Fsp3) is 0.692. The lowest BCUT2D eigenvalue weighted by atomic mass is 9.71. The van der Waals surface area contributed by atoms with Gasteiger partial charge in [-0.25, -0.2) is 0 Å². The van der Waals surface area contributed by atoms with Crippen LogP contribution in [0.15, 0.2) is 6.20 Å². The van der Waals surface area contributed by atoms with Gasteiger partial charge in [0.15, 0.2) is 0 Å². The Balaban J connectivity index is 1.98. The average molecular weight is 233 g/mol. The number of anilines is 1. The van der Waals surface area contributed by atoms with E-state index in [1.807, 2.05) is 6.20 Å². The molecule has 0 atom stereocenters. The van der Waals surface area contributed by atoms with Crippen molar-refractivity contribution in [2.75, 3.05) is 5.32 Å². The van der Waals surface area contributed by atoms with E-state index in [4.69, 9.17) is 0 Å². The molecular formula is C13H19N3O. The zero-order chi connectivity index (χ0) is 11.9. The first kappa shape index (κ1) is 10.8. The van der Waals surface area contributed by atoms with Gasteiger partial charge in [-0.05, 0) is 19.3 Å². The molecule has 4 heteroatoms. The van der Waals surface area contributed by atoms with Crippen molar-refractivity contribution in [2.24, 2.45) is 0 Å². The topological polar surface area (TPSA) is 46.9 Å². The summed E-state index contributed by atoms with van der Waals surface area (Å²) in [5, 5.41) is 7.34. The van der Waals surface area contributed by atoms with Crippen molar-refractivity contribution in [1.29, 1.82) is 0 Å². The van der Waals surface area contributed by atoms with Crippen molar-refractivity contribution < 1.29 is 4.79 Å². The van der Waals surface area contributed by atoms with Gasteiger partial charge >= 0.3 is 0 Å². The van der Waals surface area contributed by atoms with Gasteiger partial charge in [-0.3, -0.25) is 9.48 Å². The van der Waals surface area contributed by atoms with Gasteiger partial charge < -0.3 is 5.32 Å². The molecule has 1 spiro atoms. The number of nitrogens with one attached hydrogen (secondary N) is 1. The predicted molar refractivity (Wildman–Crippen MR) is 65.9 cm³/mol. The lowest BCUT2D eigenvalue weighted by molar-refractivity contribution is -0.114. The summed E-state index contributed by atoms with van der Waals surface area (Å²) in [6.07, 6.45) is 9.49. The van der Waals surface area contributed by atoms with Crippen LogP contribution in [0.4, 0.5) is 5.69 Å². The van der Waals surface area contributed by atoms with Gasteiger partial charge in [-0.2, -0.15) is 5.10 Å². The lowest BCUT2D eigenvalue weighted by Gasteiger charge is -2.33. The largest absolute Gasteiger partial charge is 0.323 e. The molecule has 1 aromatic rings. The summed E-state index contributed by atoms with van der Waals surface area (Å²) in [5.74, 6) is -0.00124. The minimum Gasteiger partial charge on any atom is -0.323 e. The molecule has 4 nitrogen and oxygen atoms in total. The normalized spacial score (nSPS) is 21.5. The third-order valence-electron chi connectivity index (χ3n) is 4.27. The molecule has 0 aromatic carbocycles. The molecule has 1 saturated carbocycles. The Bertz CT molecular complexity index is 444. The van der Waals surface area contributed by atoms with E-state index in [2.05, 4.69) is 15.1 Å². The van der Waals surface area contributed by atoms with Crippen LogP contribution in [0.2, 0.25) is 0 Å². The highest BCUT2D eigenvalue weighted by molar-refractivity contribution is 5.89. The monoisotopic (exact) mass is 233 g/mol. The summed E-state index contributed by atoms with van der Waals surface area (Å²) in [6, 6.07) is 0. The Morgan fingerprint density at radius 3 is 2.82 bits per heavy atom. The summed E-state index contributed by atoms with van der Waals surface area (Å²) in [6.45, 7) is 2.57. The molecule has 92 valence electrons. The molecule has 1 aromatic heterocycles. The van der Waals surface area contributed by atoms with Crippen molar-refractivity contribution in [3.05, 3.63) is 11.9 Å². The third kappa shape index (κ3) is 1.66. The molecule has 0 bridgehead atoms. The second-order valence-corrected chi connectivity index (χ2v) is 5.40. The summed E-state index contributed by atoms with van der Waals surface area (Å²) in [5.41, 5.74) is 2.52. The van der Waals surface area contributed by atoms with Gasteiger partial charge in [0.2, 0.25) is 5.91 Å². The Morgan fingerprint density at radius 2 is 2.12 bits per heavy atom. The van der Waals surface area contributed by atoms with Crippen molar-refractivity contribution in [3.63, 3.8) is 0 Å². The van der Waals surface area contributed by atoms with Gasteiger partial charge in [-0.1, -0.05) is 19.3 Å². The standard InChI is InChI=1S/C13H19N3O/c1-10(17)15-11-9-14-16-8-7-13(12(11)16)5-3-2-4-6-13/h9H,2-8H2,1H3,(H,15,17). The molecule has 3 rings (SSSR count). The number of hydrogen-bond donors (Lipinski definition) is 1. The molecule has 17 heavy (non-hydrogen) atoms. The van der Waals surface area contributed by atoms with E-state index in [-0.39, 0.29) is 5.91 Å². The molecule has 2 heterocycles. The summed E-state index contributed by atoms with van der Waals surface area (Å²) >= 11 is 0. The number of hydrogen-bond acceptors (Lipinski definition) is 2. The Morgan fingerprint density at radius 1 is 1.35 bits per heavy atom. The van der Waals surface area contributed by atoms with Crippen molar-refractivity contribution in [1.82, 2.24) is 9.78 Å². The van der Waals surface area contributed by atoms with Crippen LogP contribution in [0.5, 0.6) is 0 Å². The molecule has 1 aliphatic heterocycles. The van der Waals surface area contributed by atoms with E-state index in [0.717, 1.165) is 12.2 Å². The number of carbonyl (C=O) groups excluding carboxylic acids is 1. The van der Waals surface area contributed by atoms with E-state index in [0.29, 0.717) is 5.41 Å². The van der Waals surface area contributed by atoms with Crippen LogP contribution in [0.3, 0.4) is 0 Å². The fourth-order valence-corrected chi connectivity index (χ4v) is 3.55. The smallest absolute Gasteiger partial charge is 0.221 e. The van der Waals surface area contributed by atoms with Gasteiger partial charge in [0, 0.05) is 18.9 Å². The van der Waals surface area contributed by atoms with Crippen LogP contribution in [0.25, 0.3) is 0 Å². The second-order valence-electron chi connectivity index (χ2n) is 5.40. The maximum atomic E-state index is 11.2. The maximum absolute atomic E-state index is 11.2. The zero-order valence-electron chi connectivity index (χ0n) is 10.3. The van der Waals surface area contributed by atoms with E-state index in [9.17, 15) is 4.79 Å². The van der Waals surface area contributed by atoms with Crippen LogP contribution in [-0.4, -0.2) is 15.7 Å². The van der Waals surface area contributed by atoms with Gasteiger partial charge in [0.05, 0.1) is 17.6 Å². The van der Waals surface area contributed by atoms with Crippen LogP contribution >= 0.6 is 0 Å². The maximum Gasteiger partial charge on any atom is 0.221 e. The Hall–Kier alpha value is -1.32. The van der Waals surface area contributed by atoms with Gasteiger partial charge in [0.25, 0.3) is 0 Å². The van der Waals surface area contributed by atoms with Crippen LogP contribution in [0.1, 0.15) is 51.1 Å². The molecule has 0 saturated heterocycles. The number of nitrogens with zero attached hydrogens (tertiary/aromatic N) is 2. The Labute approximate surface area is 101 Å². The van der Waals surface area contributed by atoms with Crippen LogP contribution < -0.4 is 5.32 Å². The molecule has 2 aliphatic rings. The highest BCUT2D eigenvalue weighted by Gasteiger charge is 2.42. The highest BCUT2D eigenvalue weighted by atomic mass is 16.1. The molecule has 1 amide bonds. The molecule has 0 unspecified atom stereocenters. The molecule has 1 aliphatic carbocycles. The minimum absolute atomic E-state index is 0.00124. The minimum atomic E-state index is -0.00124. The average Bonchev–Trinajstić information content (AvgIpc) is 2.84. The van der Waals surface area contributed by atoms with Crippen molar-refractivity contribution in [2.45, 2.75) is 57.4 Å². The van der Waals surface area contributed by atoms with E-state index in [1.165, 1.54) is 44.2 Å². The van der Waals surface area contributed by atoms with Crippen LogP contribution in [0, 0.1) is 0 Å². The molecule has 0 radical (unpaired) electrons. The summed E-state index contributed by atoms with van der Waals surface area (Å²) in [4.78, 5) is 11.2. The fourth-order valence-electron chi connectivity index (χ4n) is 3.55. The zero-order valence-corrected chi connectivity index (χ0v) is 10.3. The van der Waals surface area contributed by atoms with Gasteiger partial charge in [-0.15, -0.1) is 0 Å². The van der Waals surface area contributed by atoms with Crippen molar-refractivity contribution in [3.8, 4) is 0 Å². The highest BCUT2D eigenvalue weighted by Crippen LogP contribution is 2.48. The predicted octanol–water partition coefficient (Wildman–Crippen LogP) is 2.45. The first-order valence-electron chi connectivity index (χ1n) is 6.55. The van der Waals surface area contributed by atoms with E-state index >= 15 is 0 Å². The van der Waals surface area contributed by atoms with Crippen molar-refractivity contribution >= 4 is 11.6 Å². The molecule has 1 fully saturated rings. The number of aryl methyl sites for hydroxylation is 1. The summed E-state index contributed by atoms with van der Waals surface area (Å²) < 4.78 is 2.09. The number of amides is 1. The third-order valence-corrected chi connectivity index (χ3v) is 4.27. The summed E-state index contributed by atoms with van der Waals surface area (Å²) in [7, 11) is 0. The Kier molecular flexibility index (Phi) is 2.45. The number of fused-ring (bicyclic) bond motifs is 2. The van der Waals surface area contributed by atoms with E-state index < -0.39 is 0 Å². The van der Waals surface area contributed by atoms with Crippen LogP contribution in [-0.2, 0) is 16.8 Å². The molecule has 1 N–H and O–H groups in total. The van der Waals surface area contributed by atoms with E-state index in [1.54, 1.807) is 6.92 Å². The quantitative estimate of drug-likeness (QED) is 0.810. The SMILES string of the molecule is CC(=O)Nc1cnn2c1C1(CCCCC1)CC2. The second kappa shape index (κ2) is 3.86. The lowest BCUT2D eigenvalue weighted by Crippen LogP contribution is -2.27. The number of aromatic nitrogens is 2. The first-order chi connectivity index (χ1) is 8.21. The first-order valence-corrected chi connectivity index (χ1v) is 6.55. The number of rotatable bonds is 1. The van der Waals surface area contributed by atoms with Gasteiger partial charge in [0.1, 0.15) is 0 Å². The molecular weight excluding hydrogens is 214 g/mol.